The summed E-state index contributed by atoms with van der Waals surface area (Å²) in [7, 11) is 1.67. The second-order valence-corrected chi connectivity index (χ2v) is 7.54. The molecule has 6 nitrogen and oxygen atoms in total. The van der Waals surface area contributed by atoms with Gasteiger partial charge in [-0.2, -0.15) is 0 Å². The van der Waals surface area contributed by atoms with Crippen LogP contribution in [0.4, 0.5) is 0 Å². The highest BCUT2D eigenvalue weighted by Gasteiger charge is 2.24. The number of piperidine rings is 1. The SMILES string of the molecule is COc1ccc(C(CNC(=O)c2cc(-c3ccccc3)on2)N2CCCCC2)cc1. The fourth-order valence-electron chi connectivity index (χ4n) is 3.91. The van der Waals surface area contributed by atoms with Crippen LogP contribution in [0.15, 0.2) is 65.2 Å². The van der Waals surface area contributed by atoms with Gasteiger partial charge in [-0.25, -0.2) is 0 Å². The summed E-state index contributed by atoms with van der Waals surface area (Å²) in [5.41, 5.74) is 2.36. The Hall–Kier alpha value is -3.12. The lowest BCUT2D eigenvalue weighted by atomic mass is 10.0. The third kappa shape index (κ3) is 4.71. The first-order chi connectivity index (χ1) is 14.7. The smallest absolute Gasteiger partial charge is 0.273 e. The quantitative estimate of drug-likeness (QED) is 0.635. The lowest BCUT2D eigenvalue weighted by Gasteiger charge is -2.35. The van der Waals surface area contributed by atoms with Crippen LogP contribution < -0.4 is 10.1 Å². The maximum atomic E-state index is 12.7. The van der Waals surface area contributed by atoms with Gasteiger partial charge in [0.2, 0.25) is 0 Å². The Labute approximate surface area is 176 Å². The van der Waals surface area contributed by atoms with Crippen molar-refractivity contribution < 1.29 is 14.1 Å². The highest BCUT2D eigenvalue weighted by atomic mass is 16.5. The van der Waals surface area contributed by atoms with E-state index >= 15 is 0 Å². The summed E-state index contributed by atoms with van der Waals surface area (Å²) >= 11 is 0. The predicted molar refractivity (Wildman–Crippen MR) is 115 cm³/mol. The number of hydrogen-bond acceptors (Lipinski definition) is 5. The summed E-state index contributed by atoms with van der Waals surface area (Å²) < 4.78 is 10.7. The van der Waals surface area contributed by atoms with Crippen LogP contribution in [0.25, 0.3) is 11.3 Å². The van der Waals surface area contributed by atoms with Crippen molar-refractivity contribution in [3.63, 3.8) is 0 Å². The van der Waals surface area contributed by atoms with E-state index in [1.165, 1.54) is 24.8 Å². The van der Waals surface area contributed by atoms with Gasteiger partial charge < -0.3 is 14.6 Å². The Morgan fingerprint density at radius 1 is 1.10 bits per heavy atom. The van der Waals surface area contributed by atoms with E-state index in [1.807, 2.05) is 42.5 Å². The first-order valence-electron chi connectivity index (χ1n) is 10.4. The number of rotatable bonds is 7. The van der Waals surface area contributed by atoms with Gasteiger partial charge in [0, 0.05) is 18.2 Å². The average Bonchev–Trinajstić information content (AvgIpc) is 3.31. The summed E-state index contributed by atoms with van der Waals surface area (Å²) in [6.07, 6.45) is 3.63. The summed E-state index contributed by atoms with van der Waals surface area (Å²) in [5, 5.41) is 7.02. The first kappa shape index (κ1) is 20.2. The number of nitrogens with zero attached hydrogens (tertiary/aromatic N) is 2. The molecular weight excluding hydrogens is 378 g/mol. The number of hydrogen-bond donors (Lipinski definition) is 1. The van der Waals surface area contributed by atoms with Crippen LogP contribution in [0, 0.1) is 0 Å². The van der Waals surface area contributed by atoms with Crippen molar-refractivity contribution in [2.24, 2.45) is 0 Å². The van der Waals surface area contributed by atoms with Crippen LogP contribution in [-0.2, 0) is 0 Å². The van der Waals surface area contributed by atoms with Gasteiger partial charge in [-0.3, -0.25) is 9.69 Å². The highest BCUT2D eigenvalue weighted by molar-refractivity contribution is 5.93. The zero-order chi connectivity index (χ0) is 20.8. The number of amides is 1. The predicted octanol–water partition coefficient (Wildman–Crippen LogP) is 4.31. The van der Waals surface area contributed by atoms with E-state index in [4.69, 9.17) is 9.26 Å². The minimum atomic E-state index is -0.226. The molecule has 156 valence electrons. The summed E-state index contributed by atoms with van der Waals surface area (Å²) in [6.45, 7) is 2.59. The molecule has 1 fully saturated rings. The second kappa shape index (κ2) is 9.59. The normalized spacial score (nSPS) is 15.5. The lowest BCUT2D eigenvalue weighted by molar-refractivity contribution is 0.0915. The monoisotopic (exact) mass is 405 g/mol. The fraction of sp³-hybridized carbons (Fsp3) is 0.333. The molecule has 1 N–H and O–H groups in total. The maximum absolute atomic E-state index is 12.7. The Morgan fingerprint density at radius 2 is 1.83 bits per heavy atom. The number of ether oxygens (including phenoxy) is 1. The van der Waals surface area contributed by atoms with Gasteiger partial charge in [-0.05, 0) is 43.6 Å². The first-order valence-corrected chi connectivity index (χ1v) is 10.4. The van der Waals surface area contributed by atoms with Gasteiger partial charge >= 0.3 is 0 Å². The Kier molecular flexibility index (Phi) is 6.44. The van der Waals surface area contributed by atoms with Crippen molar-refractivity contribution in [1.29, 1.82) is 0 Å². The molecule has 0 saturated carbocycles. The fourth-order valence-corrected chi connectivity index (χ4v) is 3.91. The standard InChI is InChI=1S/C24H27N3O3/c1-29-20-12-10-18(11-13-20)22(27-14-6-3-7-15-27)17-25-24(28)21-16-23(30-26-21)19-8-4-2-5-9-19/h2,4-5,8-13,16,22H,3,6-7,14-15,17H2,1H3,(H,25,28). The van der Waals surface area contributed by atoms with E-state index < -0.39 is 0 Å². The van der Waals surface area contributed by atoms with Crippen LogP contribution in [0.3, 0.4) is 0 Å². The molecule has 0 aliphatic carbocycles. The molecule has 2 aromatic carbocycles. The van der Waals surface area contributed by atoms with Crippen molar-refractivity contribution >= 4 is 5.91 Å². The van der Waals surface area contributed by atoms with Crippen LogP contribution >= 0.6 is 0 Å². The molecular formula is C24H27N3O3. The Balaban J connectivity index is 1.46. The molecule has 1 saturated heterocycles. The molecule has 1 aromatic heterocycles. The molecule has 6 heteroatoms. The summed E-state index contributed by atoms with van der Waals surface area (Å²) in [4.78, 5) is 15.2. The molecule has 1 aliphatic rings. The molecule has 1 atom stereocenters. The third-order valence-electron chi connectivity index (χ3n) is 5.59. The van der Waals surface area contributed by atoms with Gasteiger partial charge in [-0.1, -0.05) is 54.0 Å². The van der Waals surface area contributed by atoms with Crippen molar-refractivity contribution in [2.75, 3.05) is 26.7 Å². The van der Waals surface area contributed by atoms with E-state index in [1.54, 1.807) is 13.2 Å². The van der Waals surface area contributed by atoms with Crippen molar-refractivity contribution in [3.05, 3.63) is 71.9 Å². The molecule has 2 heterocycles. The molecule has 1 amide bonds. The second-order valence-electron chi connectivity index (χ2n) is 7.54. The topological polar surface area (TPSA) is 67.6 Å². The summed E-state index contributed by atoms with van der Waals surface area (Å²) in [5.74, 6) is 1.19. The average molecular weight is 405 g/mol. The minimum Gasteiger partial charge on any atom is -0.497 e. The van der Waals surface area contributed by atoms with Crippen LogP contribution in [0.2, 0.25) is 0 Å². The van der Waals surface area contributed by atoms with Gasteiger partial charge in [-0.15, -0.1) is 0 Å². The number of aromatic nitrogens is 1. The molecule has 0 spiro atoms. The van der Waals surface area contributed by atoms with Crippen molar-refractivity contribution in [1.82, 2.24) is 15.4 Å². The number of likely N-dealkylation sites (tertiary alicyclic amines) is 1. The molecule has 30 heavy (non-hydrogen) atoms. The van der Waals surface area contributed by atoms with Gasteiger partial charge in [0.05, 0.1) is 13.2 Å². The van der Waals surface area contributed by atoms with E-state index in [2.05, 4.69) is 27.5 Å². The van der Waals surface area contributed by atoms with E-state index in [0.29, 0.717) is 18.0 Å². The highest BCUT2D eigenvalue weighted by Crippen LogP contribution is 2.26. The molecule has 4 rings (SSSR count). The lowest BCUT2D eigenvalue weighted by Crippen LogP contribution is -2.40. The Morgan fingerprint density at radius 3 is 2.53 bits per heavy atom. The number of benzene rings is 2. The van der Waals surface area contributed by atoms with Crippen LogP contribution in [-0.4, -0.2) is 42.7 Å². The maximum Gasteiger partial charge on any atom is 0.273 e. The van der Waals surface area contributed by atoms with Gasteiger partial charge in [0.25, 0.3) is 5.91 Å². The zero-order valence-corrected chi connectivity index (χ0v) is 17.2. The molecule has 1 aliphatic heterocycles. The molecule has 1 unspecified atom stereocenters. The molecule has 0 bridgehead atoms. The van der Waals surface area contributed by atoms with Gasteiger partial charge in [0.15, 0.2) is 11.5 Å². The minimum absolute atomic E-state index is 0.112. The summed E-state index contributed by atoms with van der Waals surface area (Å²) in [6, 6.07) is 19.5. The van der Waals surface area contributed by atoms with E-state index in [9.17, 15) is 4.79 Å². The van der Waals surface area contributed by atoms with E-state index in [0.717, 1.165) is 24.4 Å². The van der Waals surface area contributed by atoms with Crippen LogP contribution in [0.5, 0.6) is 5.75 Å². The third-order valence-corrected chi connectivity index (χ3v) is 5.59. The number of carbonyl (C=O) groups is 1. The number of methoxy groups -OCH3 is 1. The van der Waals surface area contributed by atoms with Gasteiger partial charge in [0.1, 0.15) is 5.75 Å². The zero-order valence-electron chi connectivity index (χ0n) is 17.2. The molecule has 0 radical (unpaired) electrons. The molecule has 3 aromatic rings. The van der Waals surface area contributed by atoms with E-state index in [-0.39, 0.29) is 11.9 Å². The van der Waals surface area contributed by atoms with Crippen molar-refractivity contribution in [3.8, 4) is 17.1 Å². The largest absolute Gasteiger partial charge is 0.497 e. The number of carbonyl (C=O) groups excluding carboxylic acids is 1. The van der Waals surface area contributed by atoms with Crippen molar-refractivity contribution in [2.45, 2.75) is 25.3 Å². The van der Waals surface area contributed by atoms with Crippen LogP contribution in [0.1, 0.15) is 41.4 Å². The number of nitrogens with one attached hydrogen (secondary N) is 1. The Bertz CT molecular complexity index is 947.